The number of carboxylic acid groups (broad SMARTS) is 1. The van der Waals surface area contributed by atoms with Crippen molar-refractivity contribution in [2.24, 2.45) is 10.9 Å². The van der Waals surface area contributed by atoms with Crippen LogP contribution in [0.4, 0.5) is 5.69 Å². The second-order valence-corrected chi connectivity index (χ2v) is 11.0. The first kappa shape index (κ1) is 23.2. The number of benzene rings is 2. The maximum Gasteiger partial charge on any atom is 0.335 e. The number of carboxylic acids is 1. The molecule has 0 aliphatic heterocycles. The molecule has 0 bridgehead atoms. The lowest BCUT2D eigenvalue weighted by molar-refractivity contribution is -0.148. The molecule has 29 heavy (non-hydrogen) atoms. The fourth-order valence-corrected chi connectivity index (χ4v) is 5.32. The molecule has 11 heteroatoms. The quantitative estimate of drug-likeness (QED) is 0.349. The molecule has 0 spiro atoms. The molecule has 1 amide bonds. The summed E-state index contributed by atoms with van der Waals surface area (Å²) in [6.07, 6.45) is 0. The van der Waals surface area contributed by atoms with E-state index in [9.17, 15) is 23.1 Å². The van der Waals surface area contributed by atoms with Gasteiger partial charge in [-0.3, -0.25) is 4.79 Å². The summed E-state index contributed by atoms with van der Waals surface area (Å²) in [5.41, 5.74) is 4.04. The van der Waals surface area contributed by atoms with Crippen molar-refractivity contribution in [1.82, 2.24) is 0 Å². The van der Waals surface area contributed by atoms with Gasteiger partial charge in [0.2, 0.25) is 15.6 Å². The summed E-state index contributed by atoms with van der Waals surface area (Å²) >= 11 is 0. The van der Waals surface area contributed by atoms with Crippen molar-refractivity contribution in [2.75, 3.05) is 5.32 Å². The van der Waals surface area contributed by atoms with Gasteiger partial charge in [0.15, 0.2) is 0 Å². The van der Waals surface area contributed by atoms with Gasteiger partial charge in [-0.2, -0.15) is 0 Å². The Balaban J connectivity index is 2.23. The summed E-state index contributed by atoms with van der Waals surface area (Å²) in [5, 5.41) is 17.2. The fraction of sp³-hybridized carbons (Fsp3) is 0.222. The number of amides is 1. The molecular weight excluding hydrogens is 434 g/mol. The van der Waals surface area contributed by atoms with Crippen LogP contribution in [0.3, 0.4) is 0 Å². The number of anilines is 1. The van der Waals surface area contributed by atoms with Crippen molar-refractivity contribution in [3.8, 4) is 0 Å². The first-order valence-corrected chi connectivity index (χ1v) is 11.9. The topological polar surface area (TPSA) is 153 Å². The van der Waals surface area contributed by atoms with E-state index in [1.165, 1.54) is 45.9 Å². The normalized spacial score (nSPS) is 14.1. The monoisotopic (exact) mass is 455 g/mol. The molecule has 156 valence electrons. The predicted octanol–water partition coefficient (Wildman–Crippen LogP) is 2.27. The molecule has 0 aliphatic rings. The third-order valence-electron chi connectivity index (χ3n) is 4.18. The Kier molecular flexibility index (Phi) is 7.01. The van der Waals surface area contributed by atoms with Crippen LogP contribution in [0.2, 0.25) is 0 Å². The van der Waals surface area contributed by atoms with Crippen molar-refractivity contribution in [1.29, 1.82) is 0 Å². The van der Waals surface area contributed by atoms with E-state index >= 15 is 0 Å². The van der Waals surface area contributed by atoms with Crippen LogP contribution in [0.15, 0.2) is 64.4 Å². The van der Waals surface area contributed by atoms with E-state index < -0.39 is 32.2 Å². The highest BCUT2D eigenvalue weighted by Crippen LogP contribution is 2.45. The average Bonchev–Trinajstić information content (AvgIpc) is 2.66. The summed E-state index contributed by atoms with van der Waals surface area (Å²) < 4.78 is 21.4. The van der Waals surface area contributed by atoms with Crippen LogP contribution in [0.5, 0.6) is 0 Å². The van der Waals surface area contributed by atoms with Gasteiger partial charge >= 0.3 is 5.97 Å². The van der Waals surface area contributed by atoms with Crippen LogP contribution < -0.4 is 16.2 Å². The zero-order valence-electron chi connectivity index (χ0n) is 15.7. The van der Waals surface area contributed by atoms with Crippen LogP contribution in [0, 0.1) is 0 Å². The number of rotatable bonds is 8. The van der Waals surface area contributed by atoms with E-state index in [1.807, 2.05) is 30.3 Å². The number of nitrogens with two attached hydrogens (primary N) is 2. The lowest BCUT2D eigenvalue weighted by Gasteiger charge is -2.37. The number of aliphatic carboxylic acids is 1. The smallest absolute Gasteiger partial charge is 0.335 e. The largest absolute Gasteiger partial charge is 0.479 e. The SMILES string of the molecule is CC(C)(SSc1ccccc1)C(N)(C(=O)O)C(=O)Nc1ccc(S(N)(=O)=O)cc1. The zero-order valence-corrected chi connectivity index (χ0v) is 18.1. The Morgan fingerprint density at radius 1 is 1.03 bits per heavy atom. The minimum Gasteiger partial charge on any atom is -0.479 e. The van der Waals surface area contributed by atoms with Gasteiger partial charge in [0.05, 0.1) is 9.64 Å². The third-order valence-corrected chi connectivity index (χ3v) is 8.47. The molecule has 2 rings (SSSR count). The van der Waals surface area contributed by atoms with E-state index in [0.717, 1.165) is 4.90 Å². The molecule has 6 N–H and O–H groups in total. The lowest BCUT2D eigenvalue weighted by atomic mass is 9.85. The Hall–Kier alpha value is -2.05. The highest BCUT2D eigenvalue weighted by Gasteiger charge is 2.55. The van der Waals surface area contributed by atoms with Crippen LogP contribution in [0.25, 0.3) is 0 Å². The van der Waals surface area contributed by atoms with Crippen molar-refractivity contribution in [3.05, 3.63) is 54.6 Å². The molecule has 2 aromatic rings. The standard InChI is InChI=1S/C18H21N3O5S3/c1-17(2,28-27-13-6-4-3-5-7-13)18(19,16(23)24)15(22)21-12-8-10-14(11-9-12)29(20,25)26/h3-11H,19H2,1-2H3,(H,21,22)(H,23,24)(H2,20,25,26). The Bertz CT molecular complexity index is 995. The second kappa shape index (κ2) is 8.76. The maximum atomic E-state index is 12.8. The summed E-state index contributed by atoms with van der Waals surface area (Å²) in [4.78, 5) is 25.6. The average molecular weight is 456 g/mol. The number of nitrogens with one attached hydrogen (secondary N) is 1. The van der Waals surface area contributed by atoms with E-state index in [0.29, 0.717) is 0 Å². The van der Waals surface area contributed by atoms with Crippen molar-refractivity contribution < 1.29 is 23.1 Å². The van der Waals surface area contributed by atoms with E-state index in [4.69, 9.17) is 10.9 Å². The predicted molar refractivity (Wildman–Crippen MR) is 115 cm³/mol. The first-order chi connectivity index (χ1) is 13.4. The van der Waals surface area contributed by atoms with E-state index in [-0.39, 0.29) is 10.6 Å². The molecule has 0 saturated heterocycles. The highest BCUT2D eigenvalue weighted by molar-refractivity contribution is 8.77. The van der Waals surface area contributed by atoms with Gasteiger partial charge in [-0.1, -0.05) is 39.8 Å². The molecule has 0 saturated carbocycles. The van der Waals surface area contributed by atoms with Gasteiger partial charge in [0.1, 0.15) is 0 Å². The maximum absolute atomic E-state index is 12.8. The minimum absolute atomic E-state index is 0.136. The van der Waals surface area contributed by atoms with E-state index in [2.05, 4.69) is 5.32 Å². The van der Waals surface area contributed by atoms with Crippen molar-refractivity contribution >= 4 is 49.2 Å². The molecule has 1 unspecified atom stereocenters. The highest BCUT2D eigenvalue weighted by atomic mass is 33.1. The van der Waals surface area contributed by atoms with Crippen molar-refractivity contribution in [3.63, 3.8) is 0 Å². The molecule has 0 aromatic heterocycles. The van der Waals surface area contributed by atoms with Crippen LogP contribution in [-0.2, 0) is 19.6 Å². The number of primary sulfonamides is 1. The molecule has 0 heterocycles. The number of hydrogen-bond acceptors (Lipinski definition) is 7. The number of sulfonamides is 1. The molecule has 0 aliphatic carbocycles. The summed E-state index contributed by atoms with van der Waals surface area (Å²) in [7, 11) is -1.41. The lowest BCUT2D eigenvalue weighted by Crippen LogP contribution is -2.68. The Morgan fingerprint density at radius 3 is 2.07 bits per heavy atom. The first-order valence-electron chi connectivity index (χ1n) is 8.25. The van der Waals surface area contributed by atoms with Crippen molar-refractivity contribution in [2.45, 2.75) is 33.9 Å². The Morgan fingerprint density at radius 2 is 1.59 bits per heavy atom. The van der Waals surface area contributed by atoms with Crippen LogP contribution in [0.1, 0.15) is 13.8 Å². The number of carbonyl (C=O) groups is 2. The second-order valence-electron chi connectivity index (χ2n) is 6.63. The third kappa shape index (κ3) is 5.31. The zero-order chi connectivity index (χ0) is 21.9. The molecule has 2 aromatic carbocycles. The molecule has 1 atom stereocenters. The fourth-order valence-electron chi connectivity index (χ4n) is 2.28. The van der Waals surface area contributed by atoms with Gasteiger partial charge in [0.25, 0.3) is 5.91 Å². The van der Waals surface area contributed by atoms with Gasteiger partial charge in [-0.25, -0.2) is 18.4 Å². The molecule has 8 nitrogen and oxygen atoms in total. The van der Waals surface area contributed by atoms with Gasteiger partial charge in [-0.05, 0) is 50.2 Å². The minimum atomic E-state index is -3.88. The number of carbonyl (C=O) groups excluding carboxylic acids is 1. The van der Waals surface area contributed by atoms with Crippen LogP contribution in [-0.4, -0.2) is 35.7 Å². The number of hydrogen-bond donors (Lipinski definition) is 4. The van der Waals surface area contributed by atoms with Crippen LogP contribution >= 0.6 is 21.6 Å². The van der Waals surface area contributed by atoms with Gasteiger partial charge in [-0.15, -0.1) is 0 Å². The summed E-state index contributed by atoms with van der Waals surface area (Å²) in [5.74, 6) is -2.41. The molecular formula is C18H21N3O5S3. The summed E-state index contributed by atoms with van der Waals surface area (Å²) in [6, 6.07) is 14.3. The van der Waals surface area contributed by atoms with Gasteiger partial charge < -0.3 is 16.2 Å². The van der Waals surface area contributed by atoms with Gasteiger partial charge in [0, 0.05) is 10.6 Å². The molecule has 0 fully saturated rings. The summed E-state index contributed by atoms with van der Waals surface area (Å²) in [6.45, 7) is 3.15. The Labute approximate surface area is 176 Å². The molecule has 0 radical (unpaired) electrons. The van der Waals surface area contributed by atoms with E-state index in [1.54, 1.807) is 13.8 Å².